The van der Waals surface area contributed by atoms with Crippen LogP contribution in [0.4, 0.5) is 18.9 Å². The van der Waals surface area contributed by atoms with Gasteiger partial charge in [-0.3, -0.25) is 14.5 Å². The van der Waals surface area contributed by atoms with Crippen molar-refractivity contribution in [1.82, 2.24) is 0 Å². The molecule has 0 radical (unpaired) electrons. The highest BCUT2D eigenvalue weighted by atomic mass is 79.9. The van der Waals surface area contributed by atoms with Crippen LogP contribution in [0.25, 0.3) is 0 Å². The number of carbonyl (C=O) groups is 2. The first-order valence-corrected chi connectivity index (χ1v) is 6.41. The van der Waals surface area contributed by atoms with Crippen molar-refractivity contribution >= 4 is 33.3 Å². The molecule has 3 nitrogen and oxygen atoms in total. The molecule has 0 saturated heterocycles. The summed E-state index contributed by atoms with van der Waals surface area (Å²) in [7, 11) is 0. The van der Waals surface area contributed by atoms with Crippen molar-refractivity contribution in [3.63, 3.8) is 0 Å². The van der Waals surface area contributed by atoms with E-state index in [-0.39, 0.29) is 11.0 Å². The molecule has 1 aromatic carbocycles. The Kier molecular flexibility index (Phi) is 5.11. The minimum atomic E-state index is -5.02. The number of halogens is 4. The van der Waals surface area contributed by atoms with Crippen molar-refractivity contribution in [2.45, 2.75) is 13.1 Å². The second-order valence-corrected chi connectivity index (χ2v) is 4.46. The lowest BCUT2D eigenvalue weighted by Crippen LogP contribution is -2.44. The highest BCUT2D eigenvalue weighted by Crippen LogP contribution is 2.24. The van der Waals surface area contributed by atoms with Crippen molar-refractivity contribution in [2.24, 2.45) is 0 Å². The lowest BCUT2D eigenvalue weighted by Gasteiger charge is -2.23. The molecule has 0 fully saturated rings. The Hall–Kier alpha value is -1.37. The minimum Gasteiger partial charge on any atom is -0.297 e. The van der Waals surface area contributed by atoms with E-state index < -0.39 is 24.4 Å². The Balaban J connectivity index is 3.08. The summed E-state index contributed by atoms with van der Waals surface area (Å²) < 4.78 is 37.5. The zero-order valence-electron chi connectivity index (χ0n) is 10.00. The summed E-state index contributed by atoms with van der Waals surface area (Å²) in [6.07, 6.45) is -5.02. The molecule has 0 spiro atoms. The van der Waals surface area contributed by atoms with Gasteiger partial charge in [-0.15, -0.1) is 0 Å². The Morgan fingerprint density at radius 3 is 2.16 bits per heavy atom. The summed E-state index contributed by atoms with van der Waals surface area (Å²) in [5.74, 6) is -2.57. The fourth-order valence-corrected chi connectivity index (χ4v) is 1.55. The predicted octanol–water partition coefficient (Wildman–Crippen LogP) is 2.85. The molecule has 0 saturated carbocycles. The van der Waals surface area contributed by atoms with Crippen LogP contribution in [0.15, 0.2) is 24.3 Å². The van der Waals surface area contributed by atoms with Gasteiger partial charge in [0.15, 0.2) is 5.78 Å². The third-order valence-electron chi connectivity index (χ3n) is 2.32. The number of hydrogen-bond acceptors (Lipinski definition) is 2. The number of ketones is 1. The highest BCUT2D eigenvalue weighted by Gasteiger charge is 2.43. The molecule has 1 amide bonds. The Bertz CT molecular complexity index is 471. The van der Waals surface area contributed by atoms with Gasteiger partial charge in [0.2, 0.25) is 0 Å². The third-order valence-corrected chi connectivity index (χ3v) is 2.94. The van der Waals surface area contributed by atoms with E-state index in [4.69, 9.17) is 0 Å². The average Bonchev–Trinajstić information content (AvgIpc) is 2.35. The van der Waals surface area contributed by atoms with Gasteiger partial charge in [-0.05, 0) is 19.1 Å². The van der Waals surface area contributed by atoms with Crippen LogP contribution in [-0.2, 0) is 9.59 Å². The fraction of sp³-hybridized carbons (Fsp3) is 0.333. The van der Waals surface area contributed by atoms with Crippen LogP contribution in [0.3, 0.4) is 0 Å². The number of anilines is 1. The lowest BCUT2D eigenvalue weighted by atomic mass is 10.2. The molecule has 0 atom stereocenters. The predicted molar refractivity (Wildman–Crippen MR) is 68.4 cm³/mol. The first kappa shape index (κ1) is 15.7. The average molecular weight is 338 g/mol. The number of benzene rings is 1. The van der Waals surface area contributed by atoms with E-state index >= 15 is 0 Å². The molecule has 104 valence electrons. The minimum absolute atomic E-state index is 0.0437. The van der Waals surface area contributed by atoms with Gasteiger partial charge in [0.25, 0.3) is 0 Å². The lowest BCUT2D eigenvalue weighted by molar-refractivity contribution is -0.170. The Morgan fingerprint density at radius 2 is 1.74 bits per heavy atom. The van der Waals surface area contributed by atoms with Crippen LogP contribution in [0.1, 0.15) is 5.56 Å². The summed E-state index contributed by atoms with van der Waals surface area (Å²) in [6, 6.07) is 5.90. The number of aryl methyl sites for hydroxylation is 1. The van der Waals surface area contributed by atoms with Crippen molar-refractivity contribution in [3.8, 4) is 0 Å². The van der Waals surface area contributed by atoms with Crippen LogP contribution in [0, 0.1) is 6.92 Å². The molecule has 0 bridgehead atoms. The molecule has 0 aliphatic rings. The number of Topliss-reactive ketones (excluding diaryl/α,β-unsaturated/α-hetero) is 1. The topological polar surface area (TPSA) is 37.4 Å². The molecule has 19 heavy (non-hydrogen) atoms. The van der Waals surface area contributed by atoms with Gasteiger partial charge in [0.05, 0.1) is 11.9 Å². The number of alkyl halides is 4. The van der Waals surface area contributed by atoms with E-state index in [1.807, 2.05) is 0 Å². The summed E-state index contributed by atoms with van der Waals surface area (Å²) in [5, 5.41) is -0.111. The zero-order chi connectivity index (χ0) is 14.6. The van der Waals surface area contributed by atoms with E-state index in [1.54, 1.807) is 19.1 Å². The third kappa shape index (κ3) is 4.34. The van der Waals surface area contributed by atoms with E-state index in [9.17, 15) is 22.8 Å². The van der Waals surface area contributed by atoms with Crippen molar-refractivity contribution < 1.29 is 22.8 Å². The molecule has 7 heteroatoms. The monoisotopic (exact) mass is 337 g/mol. The van der Waals surface area contributed by atoms with Gasteiger partial charge in [-0.25, -0.2) is 0 Å². The summed E-state index contributed by atoms with van der Waals surface area (Å²) in [4.78, 5) is 23.1. The summed E-state index contributed by atoms with van der Waals surface area (Å²) in [5.41, 5.74) is 0.886. The van der Waals surface area contributed by atoms with E-state index in [1.165, 1.54) is 12.1 Å². The fourth-order valence-electron chi connectivity index (χ4n) is 1.38. The van der Waals surface area contributed by atoms with Gasteiger partial charge < -0.3 is 0 Å². The van der Waals surface area contributed by atoms with Crippen molar-refractivity contribution in [2.75, 3.05) is 16.8 Å². The maximum Gasteiger partial charge on any atom is 0.471 e. The zero-order valence-corrected chi connectivity index (χ0v) is 11.6. The molecule has 0 aromatic heterocycles. The molecule has 1 aromatic rings. The summed E-state index contributed by atoms with van der Waals surface area (Å²) in [6.45, 7) is 1.15. The highest BCUT2D eigenvalue weighted by molar-refractivity contribution is 9.09. The van der Waals surface area contributed by atoms with Gasteiger partial charge in [0, 0.05) is 5.69 Å². The normalized spacial score (nSPS) is 11.2. The van der Waals surface area contributed by atoms with Gasteiger partial charge in [-0.2, -0.15) is 13.2 Å². The maximum atomic E-state index is 12.5. The molecule has 0 heterocycles. The van der Waals surface area contributed by atoms with Crippen molar-refractivity contribution in [3.05, 3.63) is 29.8 Å². The first-order valence-electron chi connectivity index (χ1n) is 5.28. The molecule has 0 unspecified atom stereocenters. The van der Waals surface area contributed by atoms with Crippen LogP contribution in [0.2, 0.25) is 0 Å². The SMILES string of the molecule is Cc1ccc(N(CC(=O)CBr)C(=O)C(F)(F)F)cc1. The van der Waals surface area contributed by atoms with Crippen LogP contribution < -0.4 is 4.90 Å². The molecule has 0 aliphatic carbocycles. The smallest absolute Gasteiger partial charge is 0.297 e. The second kappa shape index (κ2) is 6.18. The number of nitrogens with zero attached hydrogens (tertiary/aromatic N) is 1. The number of carbonyl (C=O) groups excluding carboxylic acids is 2. The molecule has 1 rings (SSSR count). The van der Waals surface area contributed by atoms with Gasteiger partial charge in [-0.1, -0.05) is 33.6 Å². The molecular weight excluding hydrogens is 327 g/mol. The summed E-state index contributed by atoms with van der Waals surface area (Å²) >= 11 is 2.86. The Morgan fingerprint density at radius 1 is 1.21 bits per heavy atom. The standard InChI is InChI=1S/C12H11BrF3NO2/c1-8-2-4-9(5-3-8)17(7-10(18)6-13)11(19)12(14,15)16/h2-5H,6-7H2,1H3. The maximum absolute atomic E-state index is 12.5. The van der Waals surface area contributed by atoms with Gasteiger partial charge >= 0.3 is 12.1 Å². The number of hydrogen-bond donors (Lipinski definition) is 0. The van der Waals surface area contributed by atoms with E-state index in [0.29, 0.717) is 4.90 Å². The van der Waals surface area contributed by atoms with Crippen molar-refractivity contribution in [1.29, 1.82) is 0 Å². The quantitative estimate of drug-likeness (QED) is 0.792. The van der Waals surface area contributed by atoms with Gasteiger partial charge in [0.1, 0.15) is 0 Å². The molecule has 0 N–H and O–H groups in total. The Labute approximate surface area is 116 Å². The first-order chi connectivity index (χ1) is 8.75. The van der Waals surface area contributed by atoms with E-state index in [0.717, 1.165) is 5.56 Å². The largest absolute Gasteiger partial charge is 0.471 e. The van der Waals surface area contributed by atoms with Crippen LogP contribution >= 0.6 is 15.9 Å². The molecule has 0 aliphatic heterocycles. The van der Waals surface area contributed by atoms with Crippen LogP contribution in [-0.4, -0.2) is 29.7 Å². The van der Waals surface area contributed by atoms with Crippen LogP contribution in [0.5, 0.6) is 0 Å². The number of amides is 1. The van der Waals surface area contributed by atoms with E-state index in [2.05, 4.69) is 15.9 Å². The molecular formula is C12H11BrF3NO2. The number of rotatable bonds is 4. The second-order valence-electron chi connectivity index (χ2n) is 3.90.